The summed E-state index contributed by atoms with van der Waals surface area (Å²) in [6, 6.07) is 1.95. The van der Waals surface area contributed by atoms with E-state index in [0.717, 1.165) is 30.8 Å². The SMILES string of the molecule is CONCc1cc(Cl)c2c(c1C)CCCO2. The third-order valence-electron chi connectivity index (χ3n) is 2.95. The highest BCUT2D eigenvalue weighted by Gasteiger charge is 2.18. The first-order valence-corrected chi connectivity index (χ1v) is 5.81. The molecule has 0 saturated heterocycles. The van der Waals surface area contributed by atoms with Gasteiger partial charge in [0.15, 0.2) is 0 Å². The van der Waals surface area contributed by atoms with Crippen LogP contribution in [0, 0.1) is 6.92 Å². The first-order chi connectivity index (χ1) is 7.74. The fraction of sp³-hybridized carbons (Fsp3) is 0.500. The molecule has 4 heteroatoms. The molecule has 0 bridgehead atoms. The van der Waals surface area contributed by atoms with E-state index in [0.29, 0.717) is 11.6 Å². The van der Waals surface area contributed by atoms with Crippen LogP contribution in [0.1, 0.15) is 23.1 Å². The molecule has 0 saturated carbocycles. The molecule has 0 atom stereocenters. The number of ether oxygens (including phenoxy) is 1. The van der Waals surface area contributed by atoms with E-state index < -0.39 is 0 Å². The summed E-state index contributed by atoms with van der Waals surface area (Å²) in [5.74, 6) is 0.867. The van der Waals surface area contributed by atoms with Gasteiger partial charge >= 0.3 is 0 Å². The van der Waals surface area contributed by atoms with E-state index in [4.69, 9.17) is 21.2 Å². The molecule has 0 fully saturated rings. The van der Waals surface area contributed by atoms with Gasteiger partial charge < -0.3 is 9.57 Å². The van der Waals surface area contributed by atoms with Crippen LogP contribution in [0.3, 0.4) is 0 Å². The van der Waals surface area contributed by atoms with Gasteiger partial charge in [0.25, 0.3) is 0 Å². The Labute approximate surface area is 101 Å². The first kappa shape index (κ1) is 11.7. The van der Waals surface area contributed by atoms with Crippen LogP contribution in [-0.2, 0) is 17.8 Å². The Morgan fingerprint density at radius 1 is 1.56 bits per heavy atom. The van der Waals surface area contributed by atoms with Crippen LogP contribution in [0.4, 0.5) is 0 Å². The zero-order valence-corrected chi connectivity index (χ0v) is 10.4. The predicted octanol–water partition coefficient (Wildman–Crippen LogP) is 2.62. The molecule has 1 aromatic rings. The molecule has 1 aromatic carbocycles. The van der Waals surface area contributed by atoms with Crippen LogP contribution in [0.2, 0.25) is 5.02 Å². The lowest BCUT2D eigenvalue weighted by Gasteiger charge is -2.22. The minimum Gasteiger partial charge on any atom is -0.492 e. The molecule has 0 radical (unpaired) electrons. The Morgan fingerprint density at radius 2 is 2.38 bits per heavy atom. The number of halogens is 1. The standard InChI is InChI=1S/C12H16ClNO2/c1-8-9(7-14-15-2)6-11(13)12-10(8)4-3-5-16-12/h6,14H,3-5,7H2,1-2H3. The number of fused-ring (bicyclic) bond motifs is 1. The molecule has 0 spiro atoms. The van der Waals surface area contributed by atoms with E-state index in [1.165, 1.54) is 11.1 Å². The molecule has 1 aliphatic rings. The molecule has 0 aromatic heterocycles. The van der Waals surface area contributed by atoms with Crippen molar-refractivity contribution < 1.29 is 9.57 Å². The topological polar surface area (TPSA) is 30.5 Å². The fourth-order valence-electron chi connectivity index (χ4n) is 2.05. The second-order valence-electron chi connectivity index (χ2n) is 3.93. The van der Waals surface area contributed by atoms with Gasteiger partial charge in [0.1, 0.15) is 5.75 Å². The molecule has 0 aliphatic carbocycles. The van der Waals surface area contributed by atoms with Gasteiger partial charge in [-0.3, -0.25) is 0 Å². The molecule has 2 rings (SSSR count). The number of hydroxylamine groups is 1. The van der Waals surface area contributed by atoms with Crippen LogP contribution in [0.25, 0.3) is 0 Å². The molecule has 1 N–H and O–H groups in total. The van der Waals surface area contributed by atoms with Gasteiger partial charge in [0.05, 0.1) is 18.7 Å². The number of hydrogen-bond donors (Lipinski definition) is 1. The van der Waals surface area contributed by atoms with Gasteiger partial charge in [-0.2, -0.15) is 5.48 Å². The lowest BCUT2D eigenvalue weighted by molar-refractivity contribution is 0.0865. The molecule has 16 heavy (non-hydrogen) atoms. The summed E-state index contributed by atoms with van der Waals surface area (Å²) in [6.45, 7) is 3.54. The van der Waals surface area contributed by atoms with Crippen LogP contribution < -0.4 is 10.2 Å². The molecule has 0 unspecified atom stereocenters. The van der Waals surface area contributed by atoms with Crippen LogP contribution >= 0.6 is 11.6 Å². The molecule has 1 aliphatic heterocycles. The average molecular weight is 242 g/mol. The van der Waals surface area contributed by atoms with E-state index in [1.807, 2.05) is 6.07 Å². The van der Waals surface area contributed by atoms with Gasteiger partial charge in [-0.15, -0.1) is 0 Å². The summed E-state index contributed by atoms with van der Waals surface area (Å²) in [6.07, 6.45) is 2.10. The van der Waals surface area contributed by atoms with Crippen molar-refractivity contribution in [1.29, 1.82) is 0 Å². The quantitative estimate of drug-likeness (QED) is 0.826. The smallest absolute Gasteiger partial charge is 0.141 e. The maximum absolute atomic E-state index is 6.20. The monoisotopic (exact) mass is 241 g/mol. The van der Waals surface area contributed by atoms with Crippen molar-refractivity contribution in [3.63, 3.8) is 0 Å². The lowest BCUT2D eigenvalue weighted by atomic mass is 9.96. The molecule has 88 valence electrons. The van der Waals surface area contributed by atoms with Crippen LogP contribution in [-0.4, -0.2) is 13.7 Å². The summed E-state index contributed by atoms with van der Waals surface area (Å²) in [7, 11) is 1.61. The third-order valence-corrected chi connectivity index (χ3v) is 3.23. The maximum atomic E-state index is 6.20. The highest BCUT2D eigenvalue weighted by atomic mass is 35.5. The summed E-state index contributed by atoms with van der Waals surface area (Å²) in [5, 5.41) is 0.702. The summed E-state index contributed by atoms with van der Waals surface area (Å²) in [4.78, 5) is 4.86. The van der Waals surface area contributed by atoms with Crippen molar-refractivity contribution >= 4 is 11.6 Å². The summed E-state index contributed by atoms with van der Waals surface area (Å²) >= 11 is 6.20. The second kappa shape index (κ2) is 5.04. The zero-order chi connectivity index (χ0) is 11.5. The molecule has 0 amide bonds. The Balaban J connectivity index is 2.37. The highest BCUT2D eigenvalue weighted by Crippen LogP contribution is 2.36. The minimum atomic E-state index is 0.662. The van der Waals surface area contributed by atoms with E-state index in [1.54, 1.807) is 7.11 Å². The average Bonchev–Trinajstić information content (AvgIpc) is 2.32. The Morgan fingerprint density at radius 3 is 3.12 bits per heavy atom. The van der Waals surface area contributed by atoms with E-state index in [9.17, 15) is 0 Å². The largest absolute Gasteiger partial charge is 0.492 e. The number of benzene rings is 1. The lowest BCUT2D eigenvalue weighted by Crippen LogP contribution is -2.15. The van der Waals surface area contributed by atoms with Gasteiger partial charge in [0.2, 0.25) is 0 Å². The molecular formula is C12H16ClNO2. The van der Waals surface area contributed by atoms with E-state index in [-0.39, 0.29) is 0 Å². The van der Waals surface area contributed by atoms with E-state index in [2.05, 4.69) is 12.4 Å². The maximum Gasteiger partial charge on any atom is 0.141 e. The normalized spacial score (nSPS) is 14.4. The first-order valence-electron chi connectivity index (χ1n) is 5.43. The minimum absolute atomic E-state index is 0.662. The van der Waals surface area contributed by atoms with Gasteiger partial charge in [0, 0.05) is 6.54 Å². The summed E-state index contributed by atoms with van der Waals surface area (Å²) in [5.41, 5.74) is 6.50. The Bertz CT molecular complexity index is 393. The van der Waals surface area contributed by atoms with E-state index >= 15 is 0 Å². The van der Waals surface area contributed by atoms with Crippen molar-refractivity contribution in [3.8, 4) is 5.75 Å². The predicted molar refractivity (Wildman–Crippen MR) is 63.9 cm³/mol. The number of rotatable bonds is 3. The Kier molecular flexibility index (Phi) is 3.69. The van der Waals surface area contributed by atoms with Gasteiger partial charge in [-0.05, 0) is 42.5 Å². The van der Waals surface area contributed by atoms with Crippen molar-refractivity contribution in [3.05, 3.63) is 27.8 Å². The molecular weight excluding hydrogens is 226 g/mol. The van der Waals surface area contributed by atoms with Crippen molar-refractivity contribution in [2.75, 3.05) is 13.7 Å². The van der Waals surface area contributed by atoms with Gasteiger partial charge in [-0.1, -0.05) is 11.6 Å². The summed E-state index contributed by atoms with van der Waals surface area (Å²) < 4.78 is 5.61. The zero-order valence-electron chi connectivity index (χ0n) is 9.60. The van der Waals surface area contributed by atoms with Gasteiger partial charge in [-0.25, -0.2) is 0 Å². The third kappa shape index (κ3) is 2.17. The molecule has 1 heterocycles. The van der Waals surface area contributed by atoms with Crippen molar-refractivity contribution in [2.45, 2.75) is 26.3 Å². The van der Waals surface area contributed by atoms with Crippen molar-refractivity contribution in [2.24, 2.45) is 0 Å². The highest BCUT2D eigenvalue weighted by molar-refractivity contribution is 6.32. The number of hydrogen-bond acceptors (Lipinski definition) is 3. The second-order valence-corrected chi connectivity index (χ2v) is 4.33. The van der Waals surface area contributed by atoms with Crippen LogP contribution in [0.5, 0.6) is 5.75 Å². The van der Waals surface area contributed by atoms with Crippen molar-refractivity contribution in [1.82, 2.24) is 5.48 Å². The fourth-order valence-corrected chi connectivity index (χ4v) is 2.35. The molecule has 3 nitrogen and oxygen atoms in total. The van der Waals surface area contributed by atoms with Crippen LogP contribution in [0.15, 0.2) is 6.07 Å². The number of nitrogens with one attached hydrogen (secondary N) is 1. The Hall–Kier alpha value is -0.770.